The first-order chi connectivity index (χ1) is 17.8. The number of aryl methyl sites for hydroxylation is 1. The number of nitrogens with one attached hydrogen (secondary N) is 1. The van der Waals surface area contributed by atoms with Gasteiger partial charge in [0.2, 0.25) is 5.95 Å². The molecule has 0 saturated carbocycles. The molecular formula is C27H32FN9. The van der Waals surface area contributed by atoms with Crippen LogP contribution in [0.1, 0.15) is 31.3 Å². The Morgan fingerprint density at radius 3 is 2.49 bits per heavy atom. The van der Waals surface area contributed by atoms with Gasteiger partial charge < -0.3 is 14.8 Å². The fraction of sp³-hybridized carbons (Fsp3) is 0.444. The van der Waals surface area contributed by atoms with E-state index in [4.69, 9.17) is 0 Å². The van der Waals surface area contributed by atoms with E-state index in [1.54, 1.807) is 6.20 Å². The van der Waals surface area contributed by atoms with Gasteiger partial charge in [-0.2, -0.15) is 0 Å². The number of anilines is 2. The smallest absolute Gasteiger partial charge is 0.229 e. The highest BCUT2D eigenvalue weighted by atomic mass is 19.1. The van der Waals surface area contributed by atoms with Crippen LogP contribution in [0.5, 0.6) is 0 Å². The molecule has 0 aromatic carbocycles. The van der Waals surface area contributed by atoms with Gasteiger partial charge in [0, 0.05) is 56.7 Å². The first-order valence-electron chi connectivity index (χ1n) is 12.8. The molecule has 2 fully saturated rings. The van der Waals surface area contributed by atoms with Crippen LogP contribution < -0.4 is 5.32 Å². The van der Waals surface area contributed by atoms with Crippen LogP contribution >= 0.6 is 0 Å². The number of nitrogens with zero attached hydrogens (tertiary/aromatic N) is 8. The van der Waals surface area contributed by atoms with Crippen LogP contribution in [0.2, 0.25) is 0 Å². The first-order valence-corrected chi connectivity index (χ1v) is 12.8. The lowest BCUT2D eigenvalue weighted by Gasteiger charge is -2.19. The largest absolute Gasteiger partial charge is 0.324 e. The van der Waals surface area contributed by atoms with Crippen LogP contribution in [0.4, 0.5) is 16.2 Å². The van der Waals surface area contributed by atoms with Crippen molar-refractivity contribution in [2.24, 2.45) is 11.8 Å². The molecule has 0 bridgehead atoms. The van der Waals surface area contributed by atoms with Gasteiger partial charge in [-0.25, -0.2) is 29.3 Å². The molecule has 4 aromatic heterocycles. The van der Waals surface area contributed by atoms with E-state index in [0.29, 0.717) is 17.0 Å². The van der Waals surface area contributed by atoms with E-state index in [1.165, 1.54) is 24.8 Å². The molecule has 9 nitrogen and oxygen atoms in total. The number of hydrogen-bond donors (Lipinski definition) is 1. The SMILES string of the molecule is Cc1nc2ncc(-c3nc(Nc4ccc(CN5CC6CN(C)CC6C5)cn4)ncc3F)cc2n1C(C)C. The summed E-state index contributed by atoms with van der Waals surface area (Å²) >= 11 is 0. The van der Waals surface area contributed by atoms with Gasteiger partial charge in [-0.3, -0.25) is 4.90 Å². The van der Waals surface area contributed by atoms with E-state index in [2.05, 4.69) is 71.6 Å². The van der Waals surface area contributed by atoms with Gasteiger partial charge >= 0.3 is 0 Å². The van der Waals surface area contributed by atoms with Gasteiger partial charge in [-0.15, -0.1) is 0 Å². The molecule has 2 unspecified atom stereocenters. The summed E-state index contributed by atoms with van der Waals surface area (Å²) in [7, 11) is 2.21. The monoisotopic (exact) mass is 501 g/mol. The molecule has 10 heteroatoms. The lowest BCUT2D eigenvalue weighted by molar-refractivity contribution is 0.272. The number of likely N-dealkylation sites (tertiary alicyclic amines) is 2. The van der Waals surface area contributed by atoms with Crippen molar-refractivity contribution < 1.29 is 4.39 Å². The molecule has 0 radical (unpaired) electrons. The Hall–Kier alpha value is -3.50. The predicted octanol–water partition coefficient (Wildman–Crippen LogP) is 4.05. The third kappa shape index (κ3) is 4.67. The van der Waals surface area contributed by atoms with E-state index >= 15 is 0 Å². The molecule has 1 N–H and O–H groups in total. The van der Waals surface area contributed by atoms with E-state index in [1.807, 2.05) is 25.3 Å². The molecule has 2 aliphatic heterocycles. The van der Waals surface area contributed by atoms with Crippen molar-refractivity contribution in [1.82, 2.24) is 39.3 Å². The number of pyridine rings is 2. The number of imidazole rings is 1. The van der Waals surface area contributed by atoms with Crippen molar-refractivity contribution in [1.29, 1.82) is 0 Å². The Labute approximate surface area is 215 Å². The van der Waals surface area contributed by atoms with E-state index in [9.17, 15) is 4.39 Å². The lowest BCUT2D eigenvalue weighted by atomic mass is 10.0. The number of hydrogen-bond acceptors (Lipinski definition) is 8. The number of aromatic nitrogens is 6. The van der Waals surface area contributed by atoms with Crippen molar-refractivity contribution in [3.8, 4) is 11.3 Å². The molecule has 6 heterocycles. The second kappa shape index (κ2) is 9.42. The summed E-state index contributed by atoms with van der Waals surface area (Å²) in [5.41, 5.74) is 3.42. The van der Waals surface area contributed by atoms with Gasteiger partial charge in [0.25, 0.3) is 0 Å². The molecule has 6 rings (SSSR count). The Morgan fingerprint density at radius 1 is 1.00 bits per heavy atom. The quantitative estimate of drug-likeness (QED) is 0.423. The third-order valence-electron chi connectivity index (χ3n) is 7.47. The fourth-order valence-corrected chi connectivity index (χ4v) is 5.92. The van der Waals surface area contributed by atoms with Crippen LogP contribution in [0.25, 0.3) is 22.4 Å². The Kier molecular flexibility index (Phi) is 6.08. The number of halogens is 1. The first kappa shape index (κ1) is 23.9. The van der Waals surface area contributed by atoms with Crippen LogP contribution in [0.3, 0.4) is 0 Å². The van der Waals surface area contributed by atoms with Gasteiger partial charge in [-0.1, -0.05) is 6.07 Å². The normalized spacial score (nSPS) is 20.3. The molecule has 37 heavy (non-hydrogen) atoms. The van der Waals surface area contributed by atoms with Gasteiger partial charge in [-0.05, 0) is 57.4 Å². The minimum Gasteiger partial charge on any atom is -0.324 e. The molecule has 0 aliphatic carbocycles. The molecule has 2 saturated heterocycles. The summed E-state index contributed by atoms with van der Waals surface area (Å²) in [4.78, 5) is 27.1. The zero-order chi connectivity index (χ0) is 25.7. The summed E-state index contributed by atoms with van der Waals surface area (Å²) in [5.74, 6) is 2.83. The van der Waals surface area contributed by atoms with Crippen LogP contribution in [0.15, 0.2) is 36.8 Å². The van der Waals surface area contributed by atoms with Crippen molar-refractivity contribution >= 4 is 22.9 Å². The molecule has 0 amide bonds. The maximum atomic E-state index is 14.8. The predicted molar refractivity (Wildman–Crippen MR) is 141 cm³/mol. The number of rotatable bonds is 6. The molecule has 2 aliphatic rings. The fourth-order valence-electron chi connectivity index (χ4n) is 5.92. The second-order valence-corrected chi connectivity index (χ2v) is 10.7. The lowest BCUT2D eigenvalue weighted by Crippen LogP contribution is -2.26. The van der Waals surface area contributed by atoms with Crippen molar-refractivity contribution in [2.45, 2.75) is 33.4 Å². The molecule has 0 spiro atoms. The Morgan fingerprint density at radius 2 is 1.78 bits per heavy atom. The van der Waals surface area contributed by atoms with Gasteiger partial charge in [0.1, 0.15) is 17.3 Å². The number of fused-ring (bicyclic) bond motifs is 2. The maximum Gasteiger partial charge on any atom is 0.229 e. The molecule has 2 atom stereocenters. The highest BCUT2D eigenvalue weighted by molar-refractivity contribution is 5.78. The standard InChI is InChI=1S/C27H32FN9/c1-16(2)37-17(3)32-26-23(37)7-19(9-30-26)25-22(28)10-31-27(34-25)33-24-6-5-18(8-29-24)11-36-14-20-12-35(4)13-21(20)15-36/h5-10,16,20-21H,11-15H2,1-4H3,(H,29,31,33,34). The molecule has 192 valence electrons. The average molecular weight is 502 g/mol. The van der Waals surface area contributed by atoms with E-state index in [0.717, 1.165) is 42.8 Å². The summed E-state index contributed by atoms with van der Waals surface area (Å²) in [6.07, 6.45) is 4.67. The summed E-state index contributed by atoms with van der Waals surface area (Å²) in [6.45, 7) is 11.7. The van der Waals surface area contributed by atoms with Crippen LogP contribution in [0, 0.1) is 24.6 Å². The highest BCUT2D eigenvalue weighted by Gasteiger charge is 2.38. The topological polar surface area (TPSA) is 87.9 Å². The second-order valence-electron chi connectivity index (χ2n) is 10.7. The van der Waals surface area contributed by atoms with E-state index < -0.39 is 5.82 Å². The molecular weight excluding hydrogens is 469 g/mol. The van der Waals surface area contributed by atoms with Crippen molar-refractivity contribution in [2.75, 3.05) is 38.5 Å². The Balaban J connectivity index is 1.18. The van der Waals surface area contributed by atoms with Crippen molar-refractivity contribution in [3.63, 3.8) is 0 Å². The summed E-state index contributed by atoms with van der Waals surface area (Å²) < 4.78 is 16.9. The zero-order valence-corrected chi connectivity index (χ0v) is 21.7. The van der Waals surface area contributed by atoms with Crippen molar-refractivity contribution in [3.05, 3.63) is 54.0 Å². The van der Waals surface area contributed by atoms with Gasteiger partial charge in [0.05, 0.1) is 11.7 Å². The summed E-state index contributed by atoms with van der Waals surface area (Å²) in [5, 5.41) is 3.11. The highest BCUT2D eigenvalue weighted by Crippen LogP contribution is 2.31. The summed E-state index contributed by atoms with van der Waals surface area (Å²) in [6, 6.07) is 6.09. The minimum atomic E-state index is -0.510. The van der Waals surface area contributed by atoms with E-state index in [-0.39, 0.29) is 17.7 Å². The Bertz CT molecular complexity index is 1420. The average Bonchev–Trinajstić information content (AvgIpc) is 3.50. The molecule has 4 aromatic rings. The van der Waals surface area contributed by atoms with Crippen LogP contribution in [-0.2, 0) is 6.54 Å². The zero-order valence-electron chi connectivity index (χ0n) is 21.7. The van der Waals surface area contributed by atoms with Crippen LogP contribution in [-0.4, -0.2) is 72.5 Å². The maximum absolute atomic E-state index is 14.8. The minimum absolute atomic E-state index is 0.183. The third-order valence-corrected chi connectivity index (χ3v) is 7.47. The van der Waals surface area contributed by atoms with Gasteiger partial charge in [0.15, 0.2) is 11.5 Å².